The van der Waals surface area contributed by atoms with Crippen LogP contribution in [0, 0.1) is 23.2 Å². The fourth-order valence-electron chi connectivity index (χ4n) is 5.26. The molecule has 4 fully saturated rings. The third-order valence-corrected chi connectivity index (χ3v) is 7.55. The van der Waals surface area contributed by atoms with Gasteiger partial charge in [0.1, 0.15) is 6.04 Å². The Labute approximate surface area is 233 Å². The van der Waals surface area contributed by atoms with Gasteiger partial charge in [0.05, 0.1) is 0 Å². The predicted octanol–water partition coefficient (Wildman–Crippen LogP) is 2.01. The van der Waals surface area contributed by atoms with Gasteiger partial charge in [-0.2, -0.15) is 36.3 Å². The van der Waals surface area contributed by atoms with Crippen molar-refractivity contribution in [2.24, 2.45) is 11.3 Å². The van der Waals surface area contributed by atoms with Crippen LogP contribution in [-0.2, 0) is 63.4 Å². The van der Waals surface area contributed by atoms with Crippen molar-refractivity contribution in [3.63, 3.8) is 0 Å². The molecule has 6 rings (SSSR count). The van der Waals surface area contributed by atoms with Gasteiger partial charge >= 0.3 is 0 Å². The first kappa shape index (κ1) is 26.7. The molecule has 7 nitrogen and oxygen atoms in total. The molecule has 1 radical (unpaired) electrons. The molecule has 33 heavy (non-hydrogen) atoms. The summed E-state index contributed by atoms with van der Waals surface area (Å²) in [7, 11) is 0. The monoisotopic (exact) mass is 694 g/mol. The van der Waals surface area contributed by atoms with Gasteiger partial charge in [-0.05, 0) is 25.1 Å². The molecule has 2 N–H and O–H groups in total. The Bertz CT molecular complexity index is 980. The standard InChI is InChI=1S/C17H16N3O4.C7H11.W.Y/c21-14-4-3-13(15(22)19-14)20-16(23)11-2-1-9(7-12(11)17(20)24)10-5-6-18-8-10;1-5-3-7(5)4-6(7)2;;/h1-2,7,13,18H,3-6,8H2,(H,19,21,22);5H,3-4H2,1-2H3;;/q2*-1;;. The van der Waals surface area contributed by atoms with E-state index in [9.17, 15) is 19.2 Å². The van der Waals surface area contributed by atoms with Crippen molar-refractivity contribution in [1.82, 2.24) is 15.5 Å². The van der Waals surface area contributed by atoms with E-state index in [1.54, 1.807) is 18.1 Å². The van der Waals surface area contributed by atoms with Crippen LogP contribution < -0.4 is 10.6 Å². The number of amides is 4. The maximum atomic E-state index is 12.7. The number of carbonyl (C=O) groups is 4. The number of fused-ring (bicyclic) bond motifs is 1. The summed E-state index contributed by atoms with van der Waals surface area (Å²) in [5.41, 5.74) is 2.44. The van der Waals surface area contributed by atoms with Gasteiger partial charge in [0.25, 0.3) is 5.91 Å². The van der Waals surface area contributed by atoms with E-state index in [2.05, 4.69) is 24.5 Å². The Kier molecular flexibility index (Phi) is 8.10. The van der Waals surface area contributed by atoms with Crippen LogP contribution in [-0.4, -0.2) is 47.7 Å². The Hall–Kier alpha value is -0.878. The first-order chi connectivity index (χ1) is 14.8. The summed E-state index contributed by atoms with van der Waals surface area (Å²) < 4.78 is 0. The average Bonchev–Trinajstić information content (AvgIpc) is 3.40. The molecule has 2 aliphatic carbocycles. The van der Waals surface area contributed by atoms with Crippen LogP contribution in [0.25, 0.3) is 0 Å². The Morgan fingerprint density at radius 1 is 1.12 bits per heavy atom. The van der Waals surface area contributed by atoms with Gasteiger partial charge in [-0.25, -0.2) is 0 Å². The number of nitrogens with one attached hydrogen (secondary N) is 2. The van der Waals surface area contributed by atoms with Crippen LogP contribution in [0.4, 0.5) is 0 Å². The van der Waals surface area contributed by atoms with Crippen molar-refractivity contribution in [3.8, 4) is 0 Å². The molecule has 3 atom stereocenters. The van der Waals surface area contributed by atoms with Gasteiger partial charge in [-0.1, -0.05) is 25.7 Å². The quantitative estimate of drug-likeness (QED) is 0.365. The first-order valence-corrected chi connectivity index (χ1v) is 11.1. The van der Waals surface area contributed by atoms with Crippen molar-refractivity contribution in [2.75, 3.05) is 13.1 Å². The van der Waals surface area contributed by atoms with E-state index in [0.717, 1.165) is 41.3 Å². The molecule has 2 saturated heterocycles. The Balaban J connectivity index is 0.000000289. The second-order valence-electron chi connectivity index (χ2n) is 9.46. The summed E-state index contributed by atoms with van der Waals surface area (Å²) >= 11 is 0. The summed E-state index contributed by atoms with van der Waals surface area (Å²) in [5.74, 6) is 2.13. The second kappa shape index (κ2) is 10.0. The summed E-state index contributed by atoms with van der Waals surface area (Å²) in [4.78, 5) is 49.6. The molecule has 0 aromatic heterocycles. The van der Waals surface area contributed by atoms with Gasteiger partial charge < -0.3 is 11.2 Å². The number of carbonyl (C=O) groups excluding carboxylic acids is 4. The number of imide groups is 2. The minimum atomic E-state index is -0.917. The molecule has 3 unspecified atom stereocenters. The summed E-state index contributed by atoms with van der Waals surface area (Å²) in [6.45, 7) is 6.33. The van der Waals surface area contributed by atoms with Crippen molar-refractivity contribution in [1.29, 1.82) is 0 Å². The number of rotatable bonds is 2. The topological polar surface area (TPSA) is 95.6 Å². The molecule has 3 aliphatic heterocycles. The number of hydrogen-bond donors (Lipinski definition) is 2. The van der Waals surface area contributed by atoms with Crippen molar-refractivity contribution < 1.29 is 73.0 Å². The van der Waals surface area contributed by atoms with Gasteiger partial charge in [-0.3, -0.25) is 29.4 Å². The zero-order chi connectivity index (χ0) is 21.9. The normalized spacial score (nSPS) is 29.6. The molecule has 1 aromatic carbocycles. The molecule has 173 valence electrons. The molecular weight excluding hydrogens is 667 g/mol. The molecule has 9 heteroatoms. The molecule has 0 bridgehead atoms. The van der Waals surface area contributed by atoms with Crippen molar-refractivity contribution >= 4 is 23.6 Å². The SMILES string of the molecule is C[C-]1CC12CC2C.O=C1CCC(N2C(=O)c3ccc([C-]4CCNC4)cc3C2=O)C(=O)N1.[W].[Y]. The van der Waals surface area contributed by atoms with E-state index >= 15 is 0 Å². The first-order valence-electron chi connectivity index (χ1n) is 11.1. The minimum Gasteiger partial charge on any atom is -0.325 e. The summed E-state index contributed by atoms with van der Waals surface area (Å²) in [6.07, 6.45) is 4.16. The molecule has 2 saturated carbocycles. The van der Waals surface area contributed by atoms with Crippen LogP contribution >= 0.6 is 0 Å². The van der Waals surface area contributed by atoms with Crippen molar-refractivity contribution in [2.45, 2.75) is 52.0 Å². The van der Waals surface area contributed by atoms with Crippen LogP contribution in [0.15, 0.2) is 18.2 Å². The maximum Gasteiger partial charge on any atom is 0.260 e. The molecule has 3 heterocycles. The van der Waals surface area contributed by atoms with E-state index in [1.165, 1.54) is 18.8 Å². The summed E-state index contributed by atoms with van der Waals surface area (Å²) in [6, 6.07) is 4.32. The van der Waals surface area contributed by atoms with Crippen LogP contribution in [0.3, 0.4) is 0 Å². The van der Waals surface area contributed by atoms with Crippen molar-refractivity contribution in [3.05, 3.63) is 46.7 Å². The van der Waals surface area contributed by atoms with E-state index in [4.69, 9.17) is 0 Å². The number of piperidine rings is 1. The minimum absolute atomic E-state index is 0. The zero-order valence-electron chi connectivity index (χ0n) is 18.9. The van der Waals surface area contributed by atoms with Crippen LogP contribution in [0.2, 0.25) is 0 Å². The van der Waals surface area contributed by atoms with Gasteiger partial charge in [0.2, 0.25) is 17.7 Å². The Morgan fingerprint density at radius 3 is 2.30 bits per heavy atom. The largest absolute Gasteiger partial charge is 0.325 e. The smallest absolute Gasteiger partial charge is 0.260 e. The van der Waals surface area contributed by atoms with E-state index in [-0.39, 0.29) is 72.5 Å². The second-order valence-corrected chi connectivity index (χ2v) is 9.46. The molecular formula is C24H27N3O4WY-2. The van der Waals surface area contributed by atoms with E-state index < -0.39 is 23.8 Å². The van der Waals surface area contributed by atoms with Gasteiger partial charge in [0.15, 0.2) is 0 Å². The third-order valence-electron chi connectivity index (χ3n) is 7.55. The molecule has 1 spiro atoms. The summed E-state index contributed by atoms with van der Waals surface area (Å²) in [5, 5.41) is 5.44. The van der Waals surface area contributed by atoms with E-state index in [0.29, 0.717) is 11.1 Å². The maximum absolute atomic E-state index is 12.7. The fourth-order valence-corrected chi connectivity index (χ4v) is 5.26. The Morgan fingerprint density at radius 2 is 1.79 bits per heavy atom. The average molecular weight is 694 g/mol. The molecule has 5 aliphatic rings. The van der Waals surface area contributed by atoms with Crippen LogP contribution in [0.1, 0.15) is 72.2 Å². The number of hydrogen-bond acceptors (Lipinski definition) is 5. The predicted molar refractivity (Wildman–Crippen MR) is 113 cm³/mol. The third kappa shape index (κ3) is 4.80. The van der Waals surface area contributed by atoms with Gasteiger partial charge in [0, 0.05) is 65.8 Å². The van der Waals surface area contributed by atoms with Crippen LogP contribution in [0.5, 0.6) is 0 Å². The number of benzene rings is 1. The fraction of sp³-hybridized carbons (Fsp3) is 0.500. The van der Waals surface area contributed by atoms with Gasteiger partial charge in [-0.15, -0.1) is 12.1 Å². The molecule has 4 amide bonds. The molecule has 1 aromatic rings. The van der Waals surface area contributed by atoms with E-state index in [1.807, 2.05) is 6.07 Å². The zero-order valence-corrected chi connectivity index (χ0v) is 24.7. The number of nitrogens with zero attached hydrogens (tertiary/aromatic N) is 1.